The van der Waals surface area contributed by atoms with E-state index in [4.69, 9.17) is 9.53 Å². The van der Waals surface area contributed by atoms with Crippen LogP contribution in [0.2, 0.25) is 0 Å². The van der Waals surface area contributed by atoms with Crippen molar-refractivity contribution in [3.63, 3.8) is 0 Å². The first kappa shape index (κ1) is 43.0. The van der Waals surface area contributed by atoms with E-state index in [0.29, 0.717) is 36.0 Å². The van der Waals surface area contributed by atoms with Gasteiger partial charge in [0.25, 0.3) is 32.6 Å². The van der Waals surface area contributed by atoms with Crippen molar-refractivity contribution in [1.29, 1.82) is 0 Å². The van der Waals surface area contributed by atoms with Crippen LogP contribution >= 0.6 is 0 Å². The molecule has 1 amide bonds. The number of benzene rings is 3. The van der Waals surface area contributed by atoms with Gasteiger partial charge in [0.05, 0.1) is 23.0 Å². The minimum Gasteiger partial charge on any atom is -0.748 e. The summed E-state index contributed by atoms with van der Waals surface area (Å²) in [5, 5.41) is 0.366. The molecule has 0 saturated heterocycles. The standard InChI is InChI=1S/C37H43NO11S3.C2H4O2/c1-20-16-36(3,4)18-28-24(20)14-26-30(22-10-8-9-11-23(22)35(39)38(7)12-13-50(40,41)42)27-15-25-21(2)17-37(5,6)19-29(25)34(52(46,47)48)32(27)49-31(26)33(28)51(43,44)45;1-4-2-3/h8-11,14-15,18,20-21H,12-13,16-17,19H2,1-7H3,(H,40,41,42)(H,43,44,45)(H,46,47,48);2H,1H3/p-1. The number of rotatable bonds is 8. The van der Waals surface area contributed by atoms with Gasteiger partial charge in [0, 0.05) is 35.5 Å². The highest BCUT2D eigenvalue weighted by Crippen LogP contribution is 2.51. The third-order valence-corrected chi connectivity index (χ3v) is 13.0. The van der Waals surface area contributed by atoms with Crippen molar-refractivity contribution in [1.82, 2.24) is 4.90 Å². The smallest absolute Gasteiger partial charge is 0.298 e. The summed E-state index contributed by atoms with van der Waals surface area (Å²) in [4.78, 5) is 22.9. The molecular formula is C39H46NO13S3-. The summed E-state index contributed by atoms with van der Waals surface area (Å²) >= 11 is 0. The number of hydrogen-bond acceptors (Lipinski definition) is 11. The number of hydrogen-bond donors (Lipinski definition) is 2. The van der Waals surface area contributed by atoms with Gasteiger partial charge in [0.15, 0.2) is 11.5 Å². The molecule has 2 aliphatic carbocycles. The third kappa shape index (κ3) is 8.57. The van der Waals surface area contributed by atoms with Gasteiger partial charge in [0.1, 0.15) is 9.79 Å². The molecule has 2 unspecified atom stereocenters. The van der Waals surface area contributed by atoms with Crippen LogP contribution in [0.4, 0.5) is 0 Å². The van der Waals surface area contributed by atoms with Gasteiger partial charge in [0.2, 0.25) is 0 Å². The highest BCUT2D eigenvalue weighted by Gasteiger charge is 2.41. The number of nitrogens with zero attached hydrogens (tertiary/aromatic N) is 1. The Balaban J connectivity index is 0.00000143. The third-order valence-electron chi connectivity index (χ3n) is 10.4. The summed E-state index contributed by atoms with van der Waals surface area (Å²) in [6, 6.07) is 9.77. The first-order chi connectivity index (χ1) is 25.7. The lowest BCUT2D eigenvalue weighted by atomic mass is 9.69. The van der Waals surface area contributed by atoms with Crippen molar-refractivity contribution < 1.29 is 58.0 Å². The number of carbonyl (C=O) groups is 2. The molecule has 0 spiro atoms. The van der Waals surface area contributed by atoms with Crippen molar-refractivity contribution in [2.45, 2.75) is 82.4 Å². The largest absolute Gasteiger partial charge is 0.748 e. The van der Waals surface area contributed by atoms with E-state index < -0.39 is 63.8 Å². The summed E-state index contributed by atoms with van der Waals surface area (Å²) < 4.78 is 120. The Morgan fingerprint density at radius 2 is 1.52 bits per heavy atom. The zero-order valence-electron chi connectivity index (χ0n) is 32.4. The van der Waals surface area contributed by atoms with E-state index in [1.165, 1.54) is 20.2 Å². The average Bonchev–Trinajstić information content (AvgIpc) is 3.05. The van der Waals surface area contributed by atoms with Crippen LogP contribution in [0, 0.1) is 10.8 Å². The fourth-order valence-corrected chi connectivity index (χ4v) is 10.7. The molecule has 0 aromatic heterocycles. The predicted octanol–water partition coefficient (Wildman–Crippen LogP) is 4.33. The molecule has 2 N–H and O–H groups in total. The molecule has 14 nitrogen and oxygen atoms in total. The molecule has 56 heavy (non-hydrogen) atoms. The summed E-state index contributed by atoms with van der Waals surface area (Å²) in [6.07, 6.45) is 3.30. The quantitative estimate of drug-likeness (QED) is 0.187. The second-order valence-electron chi connectivity index (χ2n) is 16.2. The molecule has 17 heteroatoms. The van der Waals surface area contributed by atoms with Crippen molar-refractivity contribution in [3.05, 3.63) is 80.2 Å². The molecule has 0 saturated carbocycles. The van der Waals surface area contributed by atoms with Crippen LogP contribution in [0.3, 0.4) is 0 Å². The fourth-order valence-electron chi connectivity index (χ4n) is 8.47. The zero-order valence-corrected chi connectivity index (χ0v) is 34.8. The summed E-state index contributed by atoms with van der Waals surface area (Å²) in [6.45, 7) is 11.6. The zero-order chi connectivity index (χ0) is 41.9. The molecule has 0 fully saturated rings. The SMILES string of the molecule is CC1CC(C)(C)Cc2c1cc1c(c2S(=O)(=O)O)Oc2c(S(=O)(=O)O)c3c(cc2=C1c1ccccc1C(=O)N(C)CCS(=O)(=O)[O-])C(C)CC(C)(C)C=3.COC=O. The maximum absolute atomic E-state index is 14.0. The Hall–Kier alpha value is -4.13. The Morgan fingerprint density at radius 3 is 2.09 bits per heavy atom. The van der Waals surface area contributed by atoms with Gasteiger partial charge in [-0.05, 0) is 87.6 Å². The first-order valence-corrected chi connectivity index (χ1v) is 22.2. The Bertz CT molecular complexity index is 2600. The number of fused-ring (bicyclic) bond motifs is 4. The minimum atomic E-state index is -5.06. The van der Waals surface area contributed by atoms with E-state index >= 15 is 0 Å². The van der Waals surface area contributed by atoms with E-state index in [1.807, 2.05) is 41.5 Å². The van der Waals surface area contributed by atoms with Gasteiger partial charge in [-0.2, -0.15) is 16.8 Å². The number of ether oxygens (including phenoxy) is 2. The lowest BCUT2D eigenvalue weighted by Crippen LogP contribution is -2.36. The van der Waals surface area contributed by atoms with Crippen LogP contribution < -0.4 is 15.2 Å². The monoisotopic (exact) mass is 832 g/mol. The van der Waals surface area contributed by atoms with E-state index in [-0.39, 0.29) is 67.9 Å². The molecule has 0 bridgehead atoms. The van der Waals surface area contributed by atoms with Crippen LogP contribution in [0.15, 0.2) is 46.2 Å². The summed E-state index contributed by atoms with van der Waals surface area (Å²) in [7, 11) is -12.1. The molecule has 3 aromatic rings. The minimum absolute atomic E-state index is 0.0364. The highest BCUT2D eigenvalue weighted by molar-refractivity contribution is 7.86. The van der Waals surface area contributed by atoms with Crippen LogP contribution in [-0.2, 0) is 46.3 Å². The van der Waals surface area contributed by atoms with Crippen LogP contribution in [-0.4, -0.2) is 82.6 Å². The lowest BCUT2D eigenvalue weighted by Gasteiger charge is -2.38. The maximum atomic E-state index is 14.0. The fraction of sp³-hybridized carbons (Fsp3) is 0.436. The van der Waals surface area contributed by atoms with Gasteiger partial charge < -0.3 is 18.9 Å². The van der Waals surface area contributed by atoms with Gasteiger partial charge in [-0.25, -0.2) is 8.42 Å². The second kappa shape index (κ2) is 15.0. The molecule has 304 valence electrons. The molecule has 1 aliphatic heterocycles. The Kier molecular flexibility index (Phi) is 11.5. The first-order valence-electron chi connectivity index (χ1n) is 17.7. The molecule has 1 heterocycles. The van der Waals surface area contributed by atoms with Gasteiger partial charge in [-0.3, -0.25) is 18.7 Å². The normalized spacial score (nSPS) is 19.3. The molecule has 0 radical (unpaired) electrons. The highest BCUT2D eigenvalue weighted by atomic mass is 32.2. The van der Waals surface area contributed by atoms with Crippen molar-refractivity contribution in [3.8, 4) is 11.5 Å². The van der Waals surface area contributed by atoms with E-state index in [2.05, 4.69) is 4.74 Å². The van der Waals surface area contributed by atoms with Crippen molar-refractivity contribution in [2.24, 2.45) is 10.8 Å². The van der Waals surface area contributed by atoms with Crippen molar-refractivity contribution in [2.75, 3.05) is 26.5 Å². The van der Waals surface area contributed by atoms with E-state index in [0.717, 1.165) is 4.90 Å². The summed E-state index contributed by atoms with van der Waals surface area (Å²) in [5.41, 5.74) is 1.29. The van der Waals surface area contributed by atoms with Gasteiger partial charge in [-0.1, -0.05) is 65.8 Å². The molecular weight excluding hydrogens is 787 g/mol. The van der Waals surface area contributed by atoms with Gasteiger partial charge in [-0.15, -0.1) is 0 Å². The molecule has 3 aromatic carbocycles. The number of methoxy groups -OCH3 is 1. The van der Waals surface area contributed by atoms with Crippen molar-refractivity contribution >= 4 is 54.4 Å². The van der Waals surface area contributed by atoms with Crippen LogP contribution in [0.5, 0.6) is 11.5 Å². The molecule has 2 atom stereocenters. The maximum Gasteiger partial charge on any atom is 0.298 e. The topological polar surface area (TPSA) is 222 Å². The second-order valence-corrected chi connectivity index (χ2v) is 20.5. The molecule has 6 rings (SSSR count). The van der Waals surface area contributed by atoms with E-state index in [9.17, 15) is 43.7 Å². The van der Waals surface area contributed by atoms with Crippen LogP contribution in [0.25, 0.3) is 11.6 Å². The lowest BCUT2D eigenvalue weighted by molar-refractivity contribution is -0.126. The van der Waals surface area contributed by atoms with E-state index in [1.54, 1.807) is 36.4 Å². The number of amides is 1. The predicted molar refractivity (Wildman–Crippen MR) is 206 cm³/mol. The number of carbonyl (C=O) groups excluding carboxylic acids is 2. The molecule has 3 aliphatic rings. The van der Waals surface area contributed by atoms with Crippen LogP contribution in [0.1, 0.15) is 104 Å². The average molecular weight is 833 g/mol. The van der Waals surface area contributed by atoms with Gasteiger partial charge >= 0.3 is 0 Å². The summed E-state index contributed by atoms with van der Waals surface area (Å²) in [5.74, 6) is -2.61. The Labute approximate surface area is 327 Å². The Morgan fingerprint density at radius 1 is 0.929 bits per heavy atom.